The number of nitriles is 1. The number of piperidine rings is 1. The Labute approximate surface area is 57.8 Å². The Bertz CT molecular complexity index is 162. The molecule has 10 heavy (non-hydrogen) atoms. The highest BCUT2D eigenvalue weighted by atomic mass is 19.3. The molecular formula is C6H8F2N2. The Morgan fingerprint density at radius 3 is 2.70 bits per heavy atom. The van der Waals surface area contributed by atoms with E-state index in [0.29, 0.717) is 0 Å². The summed E-state index contributed by atoms with van der Waals surface area (Å²) in [7, 11) is 0. The van der Waals surface area contributed by atoms with E-state index in [9.17, 15) is 8.78 Å². The van der Waals surface area contributed by atoms with Crippen LogP contribution in [0.25, 0.3) is 0 Å². The van der Waals surface area contributed by atoms with Crippen molar-refractivity contribution >= 4 is 0 Å². The van der Waals surface area contributed by atoms with Crippen molar-refractivity contribution < 1.29 is 8.78 Å². The summed E-state index contributed by atoms with van der Waals surface area (Å²) in [6, 6.07) is 1.11. The maximum atomic E-state index is 12.5. The van der Waals surface area contributed by atoms with Gasteiger partial charge >= 0.3 is 0 Å². The highest BCUT2D eigenvalue weighted by Gasteiger charge is 2.35. The molecule has 0 aromatic carbocycles. The van der Waals surface area contributed by atoms with E-state index < -0.39 is 12.0 Å². The number of rotatable bonds is 0. The number of hydrogen-bond donors (Lipinski definition) is 1. The fourth-order valence-corrected chi connectivity index (χ4v) is 0.993. The molecule has 56 valence electrons. The minimum absolute atomic E-state index is 0.148. The lowest BCUT2D eigenvalue weighted by molar-refractivity contribution is -0.0347. The first-order valence-corrected chi connectivity index (χ1v) is 3.15. The molecule has 1 atom stereocenters. The van der Waals surface area contributed by atoms with E-state index in [1.54, 1.807) is 6.07 Å². The molecule has 1 rings (SSSR count). The SMILES string of the molecule is N#CC1CC(F)(F)CCN1. The molecule has 1 aliphatic rings. The van der Waals surface area contributed by atoms with Gasteiger partial charge in [0.25, 0.3) is 5.92 Å². The van der Waals surface area contributed by atoms with Crippen molar-refractivity contribution in [1.29, 1.82) is 5.26 Å². The van der Waals surface area contributed by atoms with Crippen LogP contribution in [0.1, 0.15) is 12.8 Å². The van der Waals surface area contributed by atoms with Crippen LogP contribution in [0, 0.1) is 11.3 Å². The average molecular weight is 146 g/mol. The van der Waals surface area contributed by atoms with Crippen LogP contribution in [0.4, 0.5) is 8.78 Å². The molecule has 1 N–H and O–H groups in total. The molecule has 1 aliphatic heterocycles. The van der Waals surface area contributed by atoms with Crippen LogP contribution in [-0.2, 0) is 0 Å². The molecule has 4 heteroatoms. The zero-order chi connectivity index (χ0) is 7.61. The Hall–Kier alpha value is -0.690. The van der Waals surface area contributed by atoms with Crippen LogP contribution in [0.15, 0.2) is 0 Å². The van der Waals surface area contributed by atoms with Crippen LogP contribution in [0.5, 0.6) is 0 Å². The van der Waals surface area contributed by atoms with Crippen molar-refractivity contribution in [3.63, 3.8) is 0 Å². The highest BCUT2D eigenvalue weighted by Crippen LogP contribution is 2.26. The number of hydrogen-bond acceptors (Lipinski definition) is 2. The second kappa shape index (κ2) is 2.51. The minimum atomic E-state index is -2.63. The van der Waals surface area contributed by atoms with Gasteiger partial charge < -0.3 is 5.32 Å². The molecule has 0 bridgehead atoms. The second-order valence-electron chi connectivity index (χ2n) is 2.45. The van der Waals surface area contributed by atoms with Gasteiger partial charge in [-0.2, -0.15) is 5.26 Å². The van der Waals surface area contributed by atoms with E-state index in [1.165, 1.54) is 0 Å². The van der Waals surface area contributed by atoms with E-state index in [2.05, 4.69) is 5.32 Å². The molecule has 0 spiro atoms. The van der Waals surface area contributed by atoms with Crippen LogP contribution in [-0.4, -0.2) is 18.5 Å². The van der Waals surface area contributed by atoms with E-state index >= 15 is 0 Å². The largest absolute Gasteiger partial charge is 0.302 e. The van der Waals surface area contributed by atoms with Crippen LogP contribution in [0.3, 0.4) is 0 Å². The van der Waals surface area contributed by atoms with Crippen LogP contribution >= 0.6 is 0 Å². The van der Waals surface area contributed by atoms with Gasteiger partial charge in [-0.25, -0.2) is 8.78 Å². The zero-order valence-corrected chi connectivity index (χ0v) is 5.40. The average Bonchev–Trinajstić information content (AvgIpc) is 1.86. The quantitative estimate of drug-likeness (QED) is 0.551. The summed E-state index contributed by atoms with van der Waals surface area (Å²) >= 11 is 0. The van der Waals surface area contributed by atoms with Gasteiger partial charge in [-0.15, -0.1) is 0 Å². The molecule has 0 aromatic heterocycles. The van der Waals surface area contributed by atoms with Crippen LogP contribution < -0.4 is 5.32 Å². The van der Waals surface area contributed by atoms with Gasteiger partial charge in [0.15, 0.2) is 0 Å². The van der Waals surface area contributed by atoms with Gasteiger partial charge in [0.2, 0.25) is 0 Å². The number of nitrogens with zero attached hydrogens (tertiary/aromatic N) is 1. The molecule has 0 aromatic rings. The van der Waals surface area contributed by atoms with E-state index in [-0.39, 0.29) is 19.4 Å². The summed E-state index contributed by atoms with van der Waals surface area (Å²) in [5.74, 6) is -2.63. The lowest BCUT2D eigenvalue weighted by Gasteiger charge is -2.25. The normalized spacial score (nSPS) is 31.1. The summed E-state index contributed by atoms with van der Waals surface area (Å²) in [6.45, 7) is 0.241. The topological polar surface area (TPSA) is 35.8 Å². The number of alkyl halides is 2. The Balaban J connectivity index is 2.49. The third-order valence-electron chi connectivity index (χ3n) is 1.54. The smallest absolute Gasteiger partial charge is 0.251 e. The molecular weight excluding hydrogens is 138 g/mol. The summed E-state index contributed by atoms with van der Waals surface area (Å²) < 4.78 is 24.9. The highest BCUT2D eigenvalue weighted by molar-refractivity contribution is 4.96. The molecule has 1 saturated heterocycles. The lowest BCUT2D eigenvalue weighted by Crippen LogP contribution is -2.42. The Morgan fingerprint density at radius 1 is 1.60 bits per heavy atom. The van der Waals surface area contributed by atoms with Crippen molar-refractivity contribution in [1.82, 2.24) is 5.32 Å². The summed E-state index contributed by atoms with van der Waals surface area (Å²) in [5, 5.41) is 11.0. The van der Waals surface area contributed by atoms with Crippen LogP contribution in [0.2, 0.25) is 0 Å². The molecule has 2 nitrogen and oxygen atoms in total. The predicted octanol–water partition coefficient (Wildman–Crippen LogP) is 0.897. The maximum Gasteiger partial charge on any atom is 0.251 e. The molecule has 1 heterocycles. The van der Waals surface area contributed by atoms with Crippen molar-refractivity contribution in [2.24, 2.45) is 0 Å². The maximum absolute atomic E-state index is 12.5. The van der Waals surface area contributed by atoms with E-state index in [1.807, 2.05) is 0 Å². The summed E-state index contributed by atoms with van der Waals surface area (Å²) in [6.07, 6.45) is -0.491. The summed E-state index contributed by atoms with van der Waals surface area (Å²) in [5.41, 5.74) is 0. The third-order valence-corrected chi connectivity index (χ3v) is 1.54. The van der Waals surface area contributed by atoms with Gasteiger partial charge in [-0.05, 0) is 0 Å². The zero-order valence-electron chi connectivity index (χ0n) is 5.40. The fourth-order valence-electron chi connectivity index (χ4n) is 0.993. The molecule has 0 aliphatic carbocycles. The first-order valence-electron chi connectivity index (χ1n) is 3.15. The second-order valence-corrected chi connectivity index (χ2v) is 2.45. The summed E-state index contributed by atoms with van der Waals surface area (Å²) in [4.78, 5) is 0. The van der Waals surface area contributed by atoms with Gasteiger partial charge in [0, 0.05) is 19.4 Å². The van der Waals surface area contributed by atoms with Gasteiger partial charge in [0.1, 0.15) is 6.04 Å². The predicted molar refractivity (Wildman–Crippen MR) is 31.6 cm³/mol. The van der Waals surface area contributed by atoms with Gasteiger partial charge in [-0.1, -0.05) is 0 Å². The Kier molecular flexibility index (Phi) is 1.86. The minimum Gasteiger partial charge on any atom is -0.302 e. The first-order chi connectivity index (χ1) is 4.64. The molecule has 1 fully saturated rings. The van der Waals surface area contributed by atoms with Crippen molar-refractivity contribution in [3.05, 3.63) is 0 Å². The monoisotopic (exact) mass is 146 g/mol. The van der Waals surface area contributed by atoms with Crippen molar-refractivity contribution in [3.8, 4) is 6.07 Å². The first kappa shape index (κ1) is 7.42. The third kappa shape index (κ3) is 1.64. The fraction of sp³-hybridized carbons (Fsp3) is 0.833. The number of halogens is 2. The molecule has 0 radical (unpaired) electrons. The van der Waals surface area contributed by atoms with E-state index in [0.717, 1.165) is 0 Å². The van der Waals surface area contributed by atoms with Crippen molar-refractivity contribution in [2.45, 2.75) is 24.8 Å². The number of nitrogens with one attached hydrogen (secondary N) is 1. The molecule has 0 saturated carbocycles. The van der Waals surface area contributed by atoms with Gasteiger partial charge in [0.05, 0.1) is 6.07 Å². The van der Waals surface area contributed by atoms with Gasteiger partial charge in [-0.3, -0.25) is 0 Å². The lowest BCUT2D eigenvalue weighted by atomic mass is 10.0. The van der Waals surface area contributed by atoms with Crippen molar-refractivity contribution in [2.75, 3.05) is 6.54 Å². The standard InChI is InChI=1S/C6H8F2N2/c7-6(8)1-2-10-5(3-6)4-9/h5,10H,1-3H2. The van der Waals surface area contributed by atoms with E-state index in [4.69, 9.17) is 5.26 Å². The molecule has 0 amide bonds. The molecule has 1 unspecified atom stereocenters. The Morgan fingerprint density at radius 2 is 2.30 bits per heavy atom.